The number of halogens is 1. The van der Waals surface area contributed by atoms with Gasteiger partial charge in [0.15, 0.2) is 11.0 Å². The summed E-state index contributed by atoms with van der Waals surface area (Å²) in [6, 6.07) is 12.7. The number of aliphatic hydroxyl groups excluding tert-OH is 1. The lowest BCUT2D eigenvalue weighted by Crippen LogP contribution is -2.07. The first-order chi connectivity index (χ1) is 12.6. The van der Waals surface area contributed by atoms with Crippen LogP contribution >= 0.6 is 11.8 Å². The van der Waals surface area contributed by atoms with Gasteiger partial charge in [-0.2, -0.15) is 0 Å². The Morgan fingerprint density at radius 1 is 1.08 bits per heavy atom. The molecule has 0 aliphatic heterocycles. The Balaban J connectivity index is 1.92. The molecule has 0 saturated carbocycles. The molecule has 3 aromatic rings. The van der Waals surface area contributed by atoms with Crippen LogP contribution in [0, 0.1) is 5.82 Å². The number of carbonyl (C=O) groups is 1. The van der Waals surface area contributed by atoms with Crippen molar-refractivity contribution in [2.75, 3.05) is 5.75 Å². The molecular formula is C19H14FN3O2S. The smallest absolute Gasteiger partial charge is 0.201 e. The molecule has 1 heterocycles. The number of fused-ring (bicyclic) bond motifs is 1. The third-order valence-corrected chi connectivity index (χ3v) is 4.92. The number of benzene rings is 2. The first kappa shape index (κ1) is 16.5. The molecule has 0 radical (unpaired) electrons. The van der Waals surface area contributed by atoms with Crippen molar-refractivity contribution in [3.8, 4) is 5.69 Å². The molecule has 130 valence electrons. The molecular weight excluding hydrogens is 353 g/mol. The number of allylic oxidation sites excluding steroid dienone is 1. The fourth-order valence-corrected chi connectivity index (χ4v) is 3.63. The lowest BCUT2D eigenvalue weighted by atomic mass is 10.1. The van der Waals surface area contributed by atoms with E-state index in [1.54, 1.807) is 41.0 Å². The fraction of sp³-hybridized carbons (Fsp3) is 0.105. The Morgan fingerprint density at radius 3 is 2.42 bits per heavy atom. The summed E-state index contributed by atoms with van der Waals surface area (Å²) in [5.74, 6) is 0.209. The molecule has 26 heavy (non-hydrogen) atoms. The highest BCUT2D eigenvalue weighted by Gasteiger charge is 2.34. The number of hydrogen-bond donors (Lipinski definition) is 1. The van der Waals surface area contributed by atoms with Gasteiger partial charge < -0.3 is 5.11 Å². The van der Waals surface area contributed by atoms with Gasteiger partial charge in [0.25, 0.3) is 0 Å². The summed E-state index contributed by atoms with van der Waals surface area (Å²) in [6.07, 6.45) is 0. The van der Waals surface area contributed by atoms with Crippen molar-refractivity contribution in [2.24, 2.45) is 0 Å². The van der Waals surface area contributed by atoms with Gasteiger partial charge >= 0.3 is 0 Å². The number of aliphatic hydroxyl groups is 1. The van der Waals surface area contributed by atoms with E-state index in [-0.39, 0.29) is 28.8 Å². The van der Waals surface area contributed by atoms with Gasteiger partial charge in [0.2, 0.25) is 5.78 Å². The molecule has 0 saturated heterocycles. The first-order valence-electron chi connectivity index (χ1n) is 8.03. The Hall–Kier alpha value is -2.93. The molecule has 7 heteroatoms. The molecule has 2 aromatic carbocycles. The minimum absolute atomic E-state index is 0.103. The highest BCUT2D eigenvalue weighted by molar-refractivity contribution is 7.99. The van der Waals surface area contributed by atoms with Crippen LogP contribution in [0.5, 0.6) is 0 Å². The summed E-state index contributed by atoms with van der Waals surface area (Å²) >= 11 is 1.45. The van der Waals surface area contributed by atoms with Crippen LogP contribution in [0.4, 0.5) is 4.39 Å². The molecule has 4 rings (SSSR count). The lowest BCUT2D eigenvalue weighted by molar-refractivity contribution is 0.105. The van der Waals surface area contributed by atoms with Crippen LogP contribution in [0.3, 0.4) is 0 Å². The Bertz CT molecular complexity index is 1040. The van der Waals surface area contributed by atoms with Crippen LogP contribution < -0.4 is 0 Å². The topological polar surface area (TPSA) is 68.0 Å². The highest BCUT2D eigenvalue weighted by Crippen LogP contribution is 2.37. The van der Waals surface area contributed by atoms with E-state index < -0.39 is 0 Å². The fourth-order valence-electron chi connectivity index (χ4n) is 2.95. The largest absolute Gasteiger partial charge is 0.506 e. The van der Waals surface area contributed by atoms with Crippen LogP contribution in [-0.2, 0) is 0 Å². The van der Waals surface area contributed by atoms with E-state index in [1.807, 2.05) is 6.92 Å². The number of aromatic nitrogens is 3. The van der Waals surface area contributed by atoms with Crippen molar-refractivity contribution >= 4 is 28.9 Å². The number of Topliss-reactive ketones (excluding diaryl/α,β-unsaturated/α-hetero) is 1. The molecule has 1 aliphatic carbocycles. The molecule has 0 atom stereocenters. The van der Waals surface area contributed by atoms with Crippen LogP contribution in [-0.4, -0.2) is 31.4 Å². The molecule has 0 fully saturated rings. The van der Waals surface area contributed by atoms with Crippen molar-refractivity contribution in [2.45, 2.75) is 12.1 Å². The van der Waals surface area contributed by atoms with Crippen molar-refractivity contribution in [1.29, 1.82) is 0 Å². The van der Waals surface area contributed by atoms with E-state index in [0.717, 1.165) is 5.75 Å². The maximum Gasteiger partial charge on any atom is 0.201 e. The quantitative estimate of drug-likeness (QED) is 0.702. The maximum atomic E-state index is 13.3. The lowest BCUT2D eigenvalue weighted by Gasteiger charge is -2.10. The van der Waals surface area contributed by atoms with Crippen molar-refractivity contribution in [3.05, 3.63) is 71.3 Å². The van der Waals surface area contributed by atoms with Crippen LogP contribution in [0.2, 0.25) is 0 Å². The molecule has 0 amide bonds. The van der Waals surface area contributed by atoms with Crippen LogP contribution in [0.15, 0.2) is 53.7 Å². The number of rotatable bonds is 4. The van der Waals surface area contributed by atoms with Gasteiger partial charge in [0.1, 0.15) is 17.1 Å². The van der Waals surface area contributed by atoms with E-state index in [0.29, 0.717) is 22.0 Å². The molecule has 1 N–H and O–H groups in total. The number of thioether (sulfide) groups is 1. The number of carbonyl (C=O) groups excluding carboxylic acids is 1. The number of ketones is 1. The van der Waals surface area contributed by atoms with Crippen LogP contribution in [0.1, 0.15) is 28.7 Å². The average molecular weight is 367 g/mol. The summed E-state index contributed by atoms with van der Waals surface area (Å²) in [5.41, 5.74) is 1.63. The zero-order valence-corrected chi connectivity index (χ0v) is 14.6. The predicted octanol–water partition coefficient (Wildman–Crippen LogP) is 4.14. The second-order valence-corrected chi connectivity index (χ2v) is 6.88. The first-order valence-corrected chi connectivity index (χ1v) is 9.02. The average Bonchev–Trinajstić information content (AvgIpc) is 3.16. The van der Waals surface area contributed by atoms with E-state index in [2.05, 4.69) is 10.2 Å². The maximum absolute atomic E-state index is 13.3. The third-order valence-electron chi connectivity index (χ3n) is 4.11. The molecule has 1 aliphatic rings. The van der Waals surface area contributed by atoms with E-state index >= 15 is 0 Å². The summed E-state index contributed by atoms with van der Waals surface area (Å²) in [5, 5.41) is 19.5. The standard InChI is InChI=1S/C19H14FN3O2S/c1-2-26-19-22-21-18(23(19)12-9-7-11(20)8-10-12)15-16(24)13-5-3-4-6-14(13)17(15)25/h3-10,24H,2H2,1H3. The Labute approximate surface area is 153 Å². The Morgan fingerprint density at radius 2 is 1.77 bits per heavy atom. The van der Waals surface area contributed by atoms with Gasteiger partial charge in [0.05, 0.1) is 0 Å². The monoisotopic (exact) mass is 367 g/mol. The zero-order chi connectivity index (χ0) is 18.3. The van der Waals surface area contributed by atoms with Gasteiger partial charge in [0, 0.05) is 16.8 Å². The molecule has 0 unspecified atom stereocenters. The molecule has 0 spiro atoms. The Kier molecular flexibility index (Phi) is 4.08. The summed E-state index contributed by atoms with van der Waals surface area (Å²) in [7, 11) is 0. The van der Waals surface area contributed by atoms with Gasteiger partial charge in [-0.3, -0.25) is 9.36 Å². The van der Waals surface area contributed by atoms with E-state index in [9.17, 15) is 14.3 Å². The predicted molar refractivity (Wildman–Crippen MR) is 97.9 cm³/mol. The van der Waals surface area contributed by atoms with Crippen molar-refractivity contribution in [1.82, 2.24) is 14.8 Å². The summed E-state index contributed by atoms with van der Waals surface area (Å²) < 4.78 is 15.0. The summed E-state index contributed by atoms with van der Waals surface area (Å²) in [4.78, 5) is 12.8. The van der Waals surface area contributed by atoms with Gasteiger partial charge in [-0.1, -0.05) is 43.0 Å². The third kappa shape index (κ3) is 2.52. The number of nitrogens with zero attached hydrogens (tertiary/aromatic N) is 3. The normalized spacial score (nSPS) is 13.4. The minimum atomic E-state index is -0.362. The summed E-state index contributed by atoms with van der Waals surface area (Å²) in [6.45, 7) is 1.97. The van der Waals surface area contributed by atoms with E-state index in [4.69, 9.17) is 0 Å². The highest BCUT2D eigenvalue weighted by atomic mass is 32.2. The SMILES string of the molecule is CCSc1nnc(C2=C(O)c3ccccc3C2=O)n1-c1ccc(F)cc1. The second kappa shape index (κ2) is 6.42. The van der Waals surface area contributed by atoms with Gasteiger partial charge in [-0.05, 0) is 30.0 Å². The van der Waals surface area contributed by atoms with Crippen molar-refractivity contribution < 1.29 is 14.3 Å². The zero-order valence-electron chi connectivity index (χ0n) is 13.8. The van der Waals surface area contributed by atoms with Gasteiger partial charge in [-0.15, -0.1) is 10.2 Å². The molecule has 1 aromatic heterocycles. The number of hydrogen-bond acceptors (Lipinski definition) is 5. The van der Waals surface area contributed by atoms with Crippen LogP contribution in [0.25, 0.3) is 17.0 Å². The molecule has 0 bridgehead atoms. The minimum Gasteiger partial charge on any atom is -0.506 e. The second-order valence-electron chi connectivity index (χ2n) is 5.65. The van der Waals surface area contributed by atoms with Gasteiger partial charge in [-0.25, -0.2) is 4.39 Å². The van der Waals surface area contributed by atoms with E-state index in [1.165, 1.54) is 23.9 Å². The van der Waals surface area contributed by atoms with Crippen molar-refractivity contribution in [3.63, 3.8) is 0 Å². The molecule has 5 nitrogen and oxygen atoms in total.